The van der Waals surface area contributed by atoms with Crippen LogP contribution in [0.15, 0.2) is 35.1 Å². The maximum absolute atomic E-state index is 5.53. The summed E-state index contributed by atoms with van der Waals surface area (Å²) in [7, 11) is 0. The molecule has 0 atom stereocenters. The maximum atomic E-state index is 5.53. The van der Waals surface area contributed by atoms with Gasteiger partial charge in [-0.2, -0.15) is 0 Å². The van der Waals surface area contributed by atoms with Crippen molar-refractivity contribution in [3.8, 4) is 11.3 Å². The lowest BCUT2D eigenvalue weighted by Gasteiger charge is -2.03. The van der Waals surface area contributed by atoms with E-state index in [1.165, 1.54) is 24.8 Å². The Kier molecular flexibility index (Phi) is 3.15. The minimum Gasteiger partial charge on any atom is -0.443 e. The van der Waals surface area contributed by atoms with Crippen molar-refractivity contribution in [1.29, 1.82) is 0 Å². The van der Waals surface area contributed by atoms with Crippen LogP contribution in [0.1, 0.15) is 31.0 Å². The molecule has 1 aliphatic rings. The highest BCUT2D eigenvalue weighted by atomic mass is 16.3. The molecular formula is C15H18N2O. The van der Waals surface area contributed by atoms with E-state index in [9.17, 15) is 0 Å². The van der Waals surface area contributed by atoms with Gasteiger partial charge < -0.3 is 9.73 Å². The second-order valence-corrected chi connectivity index (χ2v) is 4.83. The molecule has 0 saturated heterocycles. The standard InChI is InChI=1S/C15H18N2O/c1-2-11-3-5-12(6-4-11)15-14(17-10-18-15)9-16-13-7-8-13/h3-6,10,13,16H,2,7-9H2,1H3. The van der Waals surface area contributed by atoms with Gasteiger partial charge in [0, 0.05) is 18.2 Å². The Bertz CT molecular complexity index is 512. The van der Waals surface area contributed by atoms with Gasteiger partial charge in [0.2, 0.25) is 0 Å². The fourth-order valence-electron chi connectivity index (χ4n) is 2.05. The molecule has 3 nitrogen and oxygen atoms in total. The molecule has 1 saturated carbocycles. The zero-order chi connectivity index (χ0) is 12.4. The van der Waals surface area contributed by atoms with Gasteiger partial charge in [-0.05, 0) is 24.8 Å². The van der Waals surface area contributed by atoms with Gasteiger partial charge in [-0.25, -0.2) is 4.98 Å². The van der Waals surface area contributed by atoms with Gasteiger partial charge >= 0.3 is 0 Å². The van der Waals surface area contributed by atoms with Crippen LogP contribution >= 0.6 is 0 Å². The first-order chi connectivity index (χ1) is 8.86. The molecule has 0 amide bonds. The summed E-state index contributed by atoms with van der Waals surface area (Å²) in [6.45, 7) is 2.96. The first-order valence-corrected chi connectivity index (χ1v) is 6.62. The number of rotatable bonds is 5. The third kappa shape index (κ3) is 2.46. The van der Waals surface area contributed by atoms with E-state index in [1.807, 2.05) is 0 Å². The normalized spacial score (nSPS) is 14.9. The Morgan fingerprint density at radius 3 is 2.72 bits per heavy atom. The number of hydrogen-bond acceptors (Lipinski definition) is 3. The van der Waals surface area contributed by atoms with Gasteiger partial charge in [0.1, 0.15) is 5.69 Å². The fourth-order valence-corrected chi connectivity index (χ4v) is 2.05. The monoisotopic (exact) mass is 242 g/mol. The first kappa shape index (κ1) is 11.5. The maximum Gasteiger partial charge on any atom is 0.181 e. The second-order valence-electron chi connectivity index (χ2n) is 4.83. The fraction of sp³-hybridized carbons (Fsp3) is 0.400. The lowest BCUT2D eigenvalue weighted by atomic mass is 10.1. The van der Waals surface area contributed by atoms with Crippen LogP contribution in [-0.4, -0.2) is 11.0 Å². The quantitative estimate of drug-likeness (QED) is 0.875. The molecule has 0 radical (unpaired) electrons. The molecule has 1 N–H and O–H groups in total. The van der Waals surface area contributed by atoms with Crippen LogP contribution in [-0.2, 0) is 13.0 Å². The first-order valence-electron chi connectivity index (χ1n) is 6.62. The zero-order valence-corrected chi connectivity index (χ0v) is 10.6. The molecule has 0 spiro atoms. The molecule has 0 bridgehead atoms. The third-order valence-corrected chi connectivity index (χ3v) is 3.40. The predicted molar refractivity (Wildman–Crippen MR) is 71.2 cm³/mol. The van der Waals surface area contributed by atoms with Crippen molar-refractivity contribution >= 4 is 0 Å². The van der Waals surface area contributed by atoms with Crippen molar-refractivity contribution in [1.82, 2.24) is 10.3 Å². The summed E-state index contributed by atoms with van der Waals surface area (Å²) in [6, 6.07) is 9.21. The SMILES string of the molecule is CCc1ccc(-c2ocnc2CNC2CC2)cc1. The second kappa shape index (κ2) is 4.94. The molecule has 18 heavy (non-hydrogen) atoms. The molecule has 1 heterocycles. The summed E-state index contributed by atoms with van der Waals surface area (Å²) in [6.07, 6.45) is 5.18. The van der Waals surface area contributed by atoms with E-state index in [0.717, 1.165) is 30.0 Å². The number of nitrogens with one attached hydrogen (secondary N) is 1. The van der Waals surface area contributed by atoms with Crippen LogP contribution in [0.4, 0.5) is 0 Å². The summed E-state index contributed by atoms with van der Waals surface area (Å²) in [5, 5.41) is 3.47. The minimum atomic E-state index is 0.692. The lowest BCUT2D eigenvalue weighted by molar-refractivity contribution is 0.569. The van der Waals surface area contributed by atoms with Crippen LogP contribution in [0.5, 0.6) is 0 Å². The van der Waals surface area contributed by atoms with Crippen molar-refractivity contribution < 1.29 is 4.42 Å². The Morgan fingerprint density at radius 2 is 2.06 bits per heavy atom. The third-order valence-electron chi connectivity index (χ3n) is 3.40. The summed E-state index contributed by atoms with van der Waals surface area (Å²) < 4.78 is 5.53. The van der Waals surface area contributed by atoms with E-state index in [1.54, 1.807) is 0 Å². The van der Waals surface area contributed by atoms with E-state index < -0.39 is 0 Å². The molecule has 2 aromatic rings. The van der Waals surface area contributed by atoms with Gasteiger partial charge in [0.25, 0.3) is 0 Å². The van der Waals surface area contributed by atoms with Crippen LogP contribution in [0.25, 0.3) is 11.3 Å². The number of oxazole rings is 1. The van der Waals surface area contributed by atoms with Crippen LogP contribution in [0.3, 0.4) is 0 Å². The van der Waals surface area contributed by atoms with Crippen LogP contribution in [0.2, 0.25) is 0 Å². The smallest absolute Gasteiger partial charge is 0.181 e. The van der Waals surface area contributed by atoms with Gasteiger partial charge in [0.05, 0.1) is 0 Å². The number of aromatic nitrogens is 1. The predicted octanol–water partition coefficient (Wildman–Crippen LogP) is 3.16. The molecule has 1 aliphatic carbocycles. The average Bonchev–Trinajstić information content (AvgIpc) is 3.14. The lowest BCUT2D eigenvalue weighted by Crippen LogP contribution is -2.15. The van der Waals surface area contributed by atoms with E-state index in [4.69, 9.17) is 4.42 Å². The molecule has 1 aromatic heterocycles. The van der Waals surface area contributed by atoms with Gasteiger partial charge in [-0.1, -0.05) is 31.2 Å². The Labute approximate surface area is 107 Å². The minimum absolute atomic E-state index is 0.692. The number of benzene rings is 1. The Hall–Kier alpha value is -1.61. The van der Waals surface area contributed by atoms with Gasteiger partial charge in [-0.3, -0.25) is 0 Å². The van der Waals surface area contributed by atoms with Crippen molar-refractivity contribution in [3.05, 3.63) is 41.9 Å². The van der Waals surface area contributed by atoms with Crippen molar-refractivity contribution in [2.24, 2.45) is 0 Å². The van der Waals surface area contributed by atoms with E-state index >= 15 is 0 Å². The van der Waals surface area contributed by atoms with Crippen LogP contribution < -0.4 is 5.32 Å². The molecular weight excluding hydrogens is 224 g/mol. The Balaban J connectivity index is 1.78. The Morgan fingerprint density at radius 1 is 1.28 bits per heavy atom. The molecule has 1 fully saturated rings. The van der Waals surface area contributed by atoms with Gasteiger partial charge in [-0.15, -0.1) is 0 Å². The number of nitrogens with zero attached hydrogens (tertiary/aromatic N) is 1. The zero-order valence-electron chi connectivity index (χ0n) is 10.6. The molecule has 0 unspecified atom stereocenters. The van der Waals surface area contributed by atoms with Crippen molar-refractivity contribution in [3.63, 3.8) is 0 Å². The summed E-state index contributed by atoms with van der Waals surface area (Å²) in [4.78, 5) is 4.31. The van der Waals surface area contributed by atoms with Crippen LogP contribution in [0, 0.1) is 0 Å². The van der Waals surface area contributed by atoms with Crippen molar-refractivity contribution in [2.45, 2.75) is 38.8 Å². The highest BCUT2D eigenvalue weighted by Crippen LogP contribution is 2.25. The average molecular weight is 242 g/mol. The molecule has 3 heteroatoms. The van der Waals surface area contributed by atoms with E-state index in [-0.39, 0.29) is 0 Å². The summed E-state index contributed by atoms with van der Waals surface area (Å²) in [5.41, 5.74) is 3.46. The largest absolute Gasteiger partial charge is 0.443 e. The highest BCUT2D eigenvalue weighted by Gasteiger charge is 2.21. The summed E-state index contributed by atoms with van der Waals surface area (Å²) in [5.74, 6) is 0.894. The number of hydrogen-bond donors (Lipinski definition) is 1. The topological polar surface area (TPSA) is 38.1 Å². The van der Waals surface area contributed by atoms with E-state index in [2.05, 4.69) is 41.5 Å². The summed E-state index contributed by atoms with van der Waals surface area (Å²) >= 11 is 0. The van der Waals surface area contributed by atoms with Gasteiger partial charge in [0.15, 0.2) is 12.2 Å². The number of aryl methyl sites for hydroxylation is 1. The van der Waals surface area contributed by atoms with E-state index in [0.29, 0.717) is 6.04 Å². The molecule has 94 valence electrons. The van der Waals surface area contributed by atoms with Crippen molar-refractivity contribution in [2.75, 3.05) is 0 Å². The molecule has 1 aromatic carbocycles. The molecule has 0 aliphatic heterocycles. The highest BCUT2D eigenvalue weighted by molar-refractivity contribution is 5.60. The molecule has 3 rings (SSSR count).